The van der Waals surface area contributed by atoms with Gasteiger partial charge in [-0.1, -0.05) is 25.1 Å². The summed E-state index contributed by atoms with van der Waals surface area (Å²) in [5, 5.41) is 0. The minimum absolute atomic E-state index is 0.00539. The van der Waals surface area contributed by atoms with Crippen LogP contribution in [0.3, 0.4) is 0 Å². The SMILES string of the molecule is CCc1ccccc1OCC(=O)N1CCN(C(=O)C2CC(=O)N(C(C)C)C2)CC1. The Bertz CT molecular complexity index is 756. The van der Waals surface area contributed by atoms with Gasteiger partial charge in [-0.15, -0.1) is 0 Å². The molecule has 1 unspecified atom stereocenters. The van der Waals surface area contributed by atoms with Crippen LogP contribution < -0.4 is 4.74 Å². The first-order valence-corrected chi connectivity index (χ1v) is 10.5. The van der Waals surface area contributed by atoms with Crippen LogP contribution in [-0.2, 0) is 20.8 Å². The molecule has 1 atom stereocenters. The number of piperazine rings is 1. The minimum Gasteiger partial charge on any atom is -0.483 e. The van der Waals surface area contributed by atoms with Gasteiger partial charge in [0.25, 0.3) is 5.91 Å². The maximum atomic E-state index is 12.8. The molecule has 2 fully saturated rings. The zero-order valence-corrected chi connectivity index (χ0v) is 17.6. The lowest BCUT2D eigenvalue weighted by Crippen LogP contribution is -2.53. The van der Waals surface area contributed by atoms with Crippen LogP contribution >= 0.6 is 0 Å². The third-order valence-electron chi connectivity index (χ3n) is 5.78. The van der Waals surface area contributed by atoms with Crippen LogP contribution in [0.2, 0.25) is 0 Å². The van der Waals surface area contributed by atoms with Gasteiger partial charge in [0, 0.05) is 45.2 Å². The van der Waals surface area contributed by atoms with Crippen molar-refractivity contribution in [3.05, 3.63) is 29.8 Å². The third kappa shape index (κ3) is 4.89. The van der Waals surface area contributed by atoms with Crippen molar-refractivity contribution in [1.29, 1.82) is 0 Å². The van der Waals surface area contributed by atoms with Crippen molar-refractivity contribution in [3.63, 3.8) is 0 Å². The molecular formula is C22H31N3O4. The molecule has 7 heteroatoms. The average Bonchev–Trinajstić information content (AvgIpc) is 3.13. The van der Waals surface area contributed by atoms with Crippen molar-refractivity contribution < 1.29 is 19.1 Å². The van der Waals surface area contributed by atoms with E-state index < -0.39 is 0 Å². The molecule has 2 heterocycles. The number of likely N-dealkylation sites (tertiary alicyclic amines) is 1. The first-order valence-electron chi connectivity index (χ1n) is 10.5. The second-order valence-corrected chi connectivity index (χ2v) is 8.00. The van der Waals surface area contributed by atoms with Crippen LogP contribution in [-0.4, -0.2) is 77.8 Å². The standard InChI is InChI=1S/C22H31N3O4/c1-4-17-7-5-6-8-19(17)29-15-21(27)23-9-11-24(12-10-23)22(28)18-13-20(26)25(14-18)16(2)3/h5-8,16,18H,4,9-15H2,1-3H3. The van der Waals surface area contributed by atoms with Gasteiger partial charge in [-0.2, -0.15) is 0 Å². The fraction of sp³-hybridized carbons (Fsp3) is 0.591. The largest absolute Gasteiger partial charge is 0.483 e. The highest BCUT2D eigenvalue weighted by Gasteiger charge is 2.38. The van der Waals surface area contributed by atoms with E-state index in [4.69, 9.17) is 4.74 Å². The van der Waals surface area contributed by atoms with Crippen LogP contribution in [0.5, 0.6) is 5.75 Å². The Morgan fingerprint density at radius 2 is 1.76 bits per heavy atom. The highest BCUT2D eigenvalue weighted by molar-refractivity contribution is 5.89. The zero-order valence-electron chi connectivity index (χ0n) is 17.6. The Balaban J connectivity index is 1.47. The maximum absolute atomic E-state index is 12.8. The number of carbonyl (C=O) groups excluding carboxylic acids is 3. The van der Waals surface area contributed by atoms with E-state index in [2.05, 4.69) is 6.92 Å². The molecule has 0 saturated carbocycles. The van der Waals surface area contributed by atoms with Crippen LogP contribution in [0.1, 0.15) is 32.8 Å². The molecule has 158 valence electrons. The van der Waals surface area contributed by atoms with E-state index in [9.17, 15) is 14.4 Å². The number of hydrogen-bond acceptors (Lipinski definition) is 4. The van der Waals surface area contributed by atoms with Crippen molar-refractivity contribution in [2.24, 2.45) is 5.92 Å². The molecule has 0 bridgehead atoms. The Morgan fingerprint density at radius 3 is 2.38 bits per heavy atom. The van der Waals surface area contributed by atoms with Gasteiger partial charge in [0.2, 0.25) is 11.8 Å². The van der Waals surface area contributed by atoms with Gasteiger partial charge in [0.1, 0.15) is 5.75 Å². The van der Waals surface area contributed by atoms with E-state index in [1.807, 2.05) is 38.1 Å². The summed E-state index contributed by atoms with van der Waals surface area (Å²) in [7, 11) is 0. The molecule has 1 aromatic rings. The van der Waals surface area contributed by atoms with Gasteiger partial charge in [0.15, 0.2) is 6.61 Å². The fourth-order valence-corrected chi connectivity index (χ4v) is 4.00. The molecular weight excluding hydrogens is 370 g/mol. The van der Waals surface area contributed by atoms with Gasteiger partial charge in [-0.05, 0) is 31.9 Å². The third-order valence-corrected chi connectivity index (χ3v) is 5.78. The van der Waals surface area contributed by atoms with E-state index in [0.717, 1.165) is 17.7 Å². The lowest BCUT2D eigenvalue weighted by atomic mass is 10.1. The number of hydrogen-bond donors (Lipinski definition) is 0. The van der Waals surface area contributed by atoms with Crippen molar-refractivity contribution in [3.8, 4) is 5.75 Å². The van der Waals surface area contributed by atoms with E-state index in [1.165, 1.54) is 0 Å². The molecule has 0 aromatic heterocycles. The molecule has 0 N–H and O–H groups in total. The number of nitrogens with zero attached hydrogens (tertiary/aromatic N) is 3. The smallest absolute Gasteiger partial charge is 0.260 e. The Morgan fingerprint density at radius 1 is 1.10 bits per heavy atom. The topological polar surface area (TPSA) is 70.2 Å². The summed E-state index contributed by atoms with van der Waals surface area (Å²) in [5.41, 5.74) is 1.08. The quantitative estimate of drug-likeness (QED) is 0.725. The second-order valence-electron chi connectivity index (χ2n) is 8.00. The summed E-state index contributed by atoms with van der Waals surface area (Å²) in [6.07, 6.45) is 1.14. The maximum Gasteiger partial charge on any atom is 0.260 e. The monoisotopic (exact) mass is 401 g/mol. The molecule has 3 amide bonds. The molecule has 29 heavy (non-hydrogen) atoms. The summed E-state index contributed by atoms with van der Waals surface area (Å²) >= 11 is 0. The molecule has 3 rings (SSSR count). The Labute approximate surface area is 172 Å². The Kier molecular flexibility index (Phi) is 6.77. The summed E-state index contributed by atoms with van der Waals surface area (Å²) < 4.78 is 5.73. The highest BCUT2D eigenvalue weighted by Crippen LogP contribution is 2.23. The number of carbonyl (C=O) groups is 3. The number of ether oxygens (including phenoxy) is 1. The molecule has 2 saturated heterocycles. The summed E-state index contributed by atoms with van der Waals surface area (Å²) in [6.45, 7) is 8.50. The minimum atomic E-state index is -0.263. The number of para-hydroxylation sites is 1. The van der Waals surface area contributed by atoms with Crippen LogP contribution in [0, 0.1) is 5.92 Å². The first-order chi connectivity index (χ1) is 13.9. The predicted octanol–water partition coefficient (Wildman–Crippen LogP) is 1.56. The normalized spacial score (nSPS) is 19.8. The van der Waals surface area contributed by atoms with Crippen molar-refractivity contribution in [2.75, 3.05) is 39.3 Å². The van der Waals surface area contributed by atoms with Crippen molar-refractivity contribution in [2.45, 2.75) is 39.7 Å². The second kappa shape index (κ2) is 9.29. The van der Waals surface area contributed by atoms with Gasteiger partial charge < -0.3 is 19.4 Å². The van der Waals surface area contributed by atoms with Gasteiger partial charge in [-0.25, -0.2) is 0 Å². The number of rotatable bonds is 6. The van der Waals surface area contributed by atoms with E-state index in [1.54, 1.807) is 14.7 Å². The lowest BCUT2D eigenvalue weighted by Gasteiger charge is -2.36. The molecule has 2 aliphatic rings. The highest BCUT2D eigenvalue weighted by atomic mass is 16.5. The molecule has 7 nitrogen and oxygen atoms in total. The molecule has 0 radical (unpaired) electrons. The number of amides is 3. The average molecular weight is 402 g/mol. The summed E-state index contributed by atoms with van der Waals surface area (Å²) in [5.74, 6) is 0.502. The predicted molar refractivity (Wildman–Crippen MR) is 109 cm³/mol. The van der Waals surface area contributed by atoms with E-state index >= 15 is 0 Å². The molecule has 1 aromatic carbocycles. The first kappa shape index (κ1) is 21.1. The number of aryl methyl sites for hydroxylation is 1. The van der Waals surface area contributed by atoms with Crippen molar-refractivity contribution >= 4 is 17.7 Å². The summed E-state index contributed by atoms with van der Waals surface area (Å²) in [6, 6.07) is 7.86. The van der Waals surface area contributed by atoms with Crippen LogP contribution in [0.4, 0.5) is 0 Å². The Hall–Kier alpha value is -2.57. The summed E-state index contributed by atoms with van der Waals surface area (Å²) in [4.78, 5) is 42.7. The number of benzene rings is 1. The van der Waals surface area contributed by atoms with Crippen LogP contribution in [0.25, 0.3) is 0 Å². The lowest BCUT2D eigenvalue weighted by molar-refractivity contribution is -0.142. The van der Waals surface area contributed by atoms with E-state index in [0.29, 0.717) is 39.1 Å². The molecule has 2 aliphatic heterocycles. The molecule has 0 aliphatic carbocycles. The van der Waals surface area contributed by atoms with Crippen molar-refractivity contribution in [1.82, 2.24) is 14.7 Å². The zero-order chi connectivity index (χ0) is 21.0. The van der Waals surface area contributed by atoms with Crippen LogP contribution in [0.15, 0.2) is 24.3 Å². The van der Waals surface area contributed by atoms with Gasteiger partial charge in [-0.3, -0.25) is 14.4 Å². The van der Waals surface area contributed by atoms with E-state index in [-0.39, 0.29) is 36.3 Å². The van der Waals surface area contributed by atoms with Gasteiger partial charge >= 0.3 is 0 Å². The fourth-order valence-electron chi connectivity index (χ4n) is 4.00. The molecule has 0 spiro atoms. The van der Waals surface area contributed by atoms with Gasteiger partial charge in [0.05, 0.1) is 5.92 Å².